The number of rotatable bonds is 4. The van der Waals surface area contributed by atoms with Crippen molar-refractivity contribution in [2.24, 2.45) is 5.73 Å². The van der Waals surface area contributed by atoms with Crippen molar-refractivity contribution in [1.29, 1.82) is 0 Å². The van der Waals surface area contributed by atoms with Gasteiger partial charge in [0.15, 0.2) is 0 Å². The normalized spacial score (nSPS) is 10.7. The topological polar surface area (TPSA) is 29.3 Å². The van der Waals surface area contributed by atoms with E-state index in [2.05, 4.69) is 43.1 Å². The van der Waals surface area contributed by atoms with Crippen LogP contribution in [0.15, 0.2) is 30.3 Å². The molecule has 1 aromatic heterocycles. The van der Waals surface area contributed by atoms with Crippen LogP contribution in [-0.4, -0.2) is 7.05 Å². The van der Waals surface area contributed by atoms with Gasteiger partial charge in [-0.25, -0.2) is 0 Å². The summed E-state index contributed by atoms with van der Waals surface area (Å²) in [5.41, 5.74) is 9.32. The molecule has 18 heavy (non-hydrogen) atoms. The molecule has 0 spiro atoms. The highest BCUT2D eigenvalue weighted by atomic mass is 35.5. The van der Waals surface area contributed by atoms with Gasteiger partial charge in [-0.2, -0.15) is 0 Å². The van der Waals surface area contributed by atoms with E-state index in [-0.39, 0.29) is 0 Å². The fourth-order valence-electron chi connectivity index (χ4n) is 1.91. The van der Waals surface area contributed by atoms with Gasteiger partial charge in [-0.1, -0.05) is 17.7 Å². The first-order chi connectivity index (χ1) is 8.60. The maximum Gasteiger partial charge on any atom is 0.0931 e. The predicted molar refractivity (Wildman–Crippen MR) is 80.5 cm³/mol. The molecule has 0 unspecified atom stereocenters. The van der Waals surface area contributed by atoms with E-state index in [0.29, 0.717) is 6.54 Å². The summed E-state index contributed by atoms with van der Waals surface area (Å²) in [5, 5.41) is 0. The van der Waals surface area contributed by atoms with Crippen molar-refractivity contribution in [1.82, 2.24) is 0 Å². The lowest BCUT2D eigenvalue weighted by atomic mass is 10.1. The van der Waals surface area contributed by atoms with Crippen molar-refractivity contribution in [3.8, 4) is 0 Å². The molecule has 0 atom stereocenters. The summed E-state index contributed by atoms with van der Waals surface area (Å²) >= 11 is 7.57. The highest BCUT2D eigenvalue weighted by Crippen LogP contribution is 2.25. The highest BCUT2D eigenvalue weighted by molar-refractivity contribution is 7.16. The average Bonchev–Trinajstić information content (AvgIpc) is 2.74. The van der Waals surface area contributed by atoms with Gasteiger partial charge in [0.25, 0.3) is 0 Å². The van der Waals surface area contributed by atoms with Gasteiger partial charge in [-0.3, -0.25) is 0 Å². The molecule has 2 N–H and O–H groups in total. The van der Waals surface area contributed by atoms with Crippen LogP contribution in [0.25, 0.3) is 0 Å². The summed E-state index contributed by atoms with van der Waals surface area (Å²) in [7, 11) is 2.09. The molecular formula is C14H17ClN2S. The first-order valence-electron chi connectivity index (χ1n) is 5.85. The van der Waals surface area contributed by atoms with Crippen molar-refractivity contribution >= 4 is 28.6 Å². The Kier molecular flexibility index (Phi) is 4.27. The third-order valence-electron chi connectivity index (χ3n) is 3.01. The summed E-state index contributed by atoms with van der Waals surface area (Å²) < 4.78 is 0.841. The van der Waals surface area contributed by atoms with Gasteiger partial charge < -0.3 is 10.6 Å². The number of aryl methyl sites for hydroxylation is 1. The number of hydrogen-bond acceptors (Lipinski definition) is 3. The van der Waals surface area contributed by atoms with Gasteiger partial charge in [0.1, 0.15) is 0 Å². The molecule has 0 saturated heterocycles. The van der Waals surface area contributed by atoms with Crippen LogP contribution in [-0.2, 0) is 13.1 Å². The molecule has 2 rings (SSSR count). The number of benzene rings is 1. The fraction of sp³-hybridized carbons (Fsp3) is 0.286. The summed E-state index contributed by atoms with van der Waals surface area (Å²) in [6, 6.07) is 10.4. The van der Waals surface area contributed by atoms with E-state index in [1.165, 1.54) is 21.7 Å². The van der Waals surface area contributed by atoms with Gasteiger partial charge in [0.2, 0.25) is 0 Å². The molecule has 0 aliphatic heterocycles. The number of anilines is 1. The average molecular weight is 281 g/mol. The second-order valence-corrected chi connectivity index (χ2v) is 6.18. The Morgan fingerprint density at radius 2 is 2.06 bits per heavy atom. The monoisotopic (exact) mass is 280 g/mol. The molecule has 1 aromatic carbocycles. The van der Waals surface area contributed by atoms with Crippen LogP contribution in [0.5, 0.6) is 0 Å². The van der Waals surface area contributed by atoms with E-state index in [1.807, 2.05) is 6.07 Å². The summed E-state index contributed by atoms with van der Waals surface area (Å²) in [5.74, 6) is 0. The smallest absolute Gasteiger partial charge is 0.0931 e. The van der Waals surface area contributed by atoms with Crippen LogP contribution in [0.1, 0.15) is 16.0 Å². The Bertz CT molecular complexity index is 536. The van der Waals surface area contributed by atoms with E-state index in [9.17, 15) is 0 Å². The molecule has 0 aliphatic rings. The van der Waals surface area contributed by atoms with Crippen LogP contribution in [0.3, 0.4) is 0 Å². The van der Waals surface area contributed by atoms with E-state index in [1.54, 1.807) is 11.3 Å². The second kappa shape index (κ2) is 5.74. The lowest BCUT2D eigenvalue weighted by Gasteiger charge is -2.19. The number of halogens is 1. The zero-order valence-electron chi connectivity index (χ0n) is 10.6. The SMILES string of the molecule is Cc1cc(N(C)Cc2ccc(Cl)s2)ccc1CN. The molecule has 96 valence electrons. The van der Waals surface area contributed by atoms with Gasteiger partial charge in [-0.15, -0.1) is 11.3 Å². The van der Waals surface area contributed by atoms with Gasteiger partial charge in [0.05, 0.1) is 10.9 Å². The number of hydrogen-bond donors (Lipinski definition) is 1. The Morgan fingerprint density at radius 1 is 1.28 bits per heavy atom. The lowest BCUT2D eigenvalue weighted by Crippen LogP contribution is -2.16. The third-order valence-corrected chi connectivity index (χ3v) is 4.22. The van der Waals surface area contributed by atoms with Crippen LogP contribution in [0.2, 0.25) is 4.34 Å². The molecule has 4 heteroatoms. The quantitative estimate of drug-likeness (QED) is 0.923. The van der Waals surface area contributed by atoms with E-state index >= 15 is 0 Å². The molecule has 0 saturated carbocycles. The van der Waals surface area contributed by atoms with Gasteiger partial charge in [0, 0.05) is 24.2 Å². The van der Waals surface area contributed by atoms with Crippen LogP contribution >= 0.6 is 22.9 Å². The van der Waals surface area contributed by atoms with E-state index in [4.69, 9.17) is 17.3 Å². The Morgan fingerprint density at radius 3 is 2.61 bits per heavy atom. The maximum atomic E-state index is 5.94. The van der Waals surface area contributed by atoms with Crippen LogP contribution in [0, 0.1) is 6.92 Å². The van der Waals surface area contributed by atoms with E-state index < -0.39 is 0 Å². The standard InChI is InChI=1S/C14H17ClN2S/c1-10-7-12(4-3-11(10)8-16)17(2)9-13-5-6-14(15)18-13/h3-7H,8-9,16H2,1-2H3. The molecule has 2 nitrogen and oxygen atoms in total. The largest absolute Gasteiger partial charge is 0.369 e. The first-order valence-corrected chi connectivity index (χ1v) is 7.04. The number of thiophene rings is 1. The van der Waals surface area contributed by atoms with Crippen LogP contribution in [0.4, 0.5) is 5.69 Å². The third kappa shape index (κ3) is 3.05. The van der Waals surface area contributed by atoms with Crippen molar-refractivity contribution in [2.75, 3.05) is 11.9 Å². The second-order valence-electron chi connectivity index (χ2n) is 4.38. The fourth-order valence-corrected chi connectivity index (χ4v) is 3.05. The van der Waals surface area contributed by atoms with Crippen molar-refractivity contribution < 1.29 is 0 Å². The molecule has 0 aliphatic carbocycles. The molecular weight excluding hydrogens is 264 g/mol. The van der Waals surface area contributed by atoms with Crippen molar-refractivity contribution in [3.05, 3.63) is 50.7 Å². The minimum Gasteiger partial charge on any atom is -0.369 e. The molecule has 0 radical (unpaired) electrons. The molecule has 0 amide bonds. The van der Waals surface area contributed by atoms with Gasteiger partial charge in [-0.05, 0) is 42.3 Å². The Hall–Kier alpha value is -1.03. The Balaban J connectivity index is 2.13. The van der Waals surface area contributed by atoms with Crippen LogP contribution < -0.4 is 10.6 Å². The highest BCUT2D eigenvalue weighted by Gasteiger charge is 2.06. The van der Waals surface area contributed by atoms with E-state index in [0.717, 1.165) is 10.9 Å². The Labute approximate surface area is 117 Å². The first kappa shape index (κ1) is 13.4. The molecule has 0 fully saturated rings. The molecule has 2 aromatic rings. The minimum atomic E-state index is 0.594. The summed E-state index contributed by atoms with van der Waals surface area (Å²) in [4.78, 5) is 3.48. The zero-order valence-corrected chi connectivity index (χ0v) is 12.2. The zero-order chi connectivity index (χ0) is 13.1. The predicted octanol–water partition coefficient (Wildman–Crippen LogP) is 3.81. The van der Waals surface area contributed by atoms with Gasteiger partial charge >= 0.3 is 0 Å². The van der Waals surface area contributed by atoms with Crippen molar-refractivity contribution in [2.45, 2.75) is 20.0 Å². The maximum absolute atomic E-state index is 5.94. The summed E-state index contributed by atoms with van der Waals surface area (Å²) in [6.45, 7) is 3.57. The van der Waals surface area contributed by atoms with Crippen molar-refractivity contribution in [3.63, 3.8) is 0 Å². The molecule has 0 bridgehead atoms. The number of nitrogens with zero attached hydrogens (tertiary/aromatic N) is 1. The summed E-state index contributed by atoms with van der Waals surface area (Å²) in [6.07, 6.45) is 0. The lowest BCUT2D eigenvalue weighted by molar-refractivity contribution is 0.935. The number of nitrogens with two attached hydrogens (primary N) is 1. The minimum absolute atomic E-state index is 0.594. The molecule has 1 heterocycles.